The lowest BCUT2D eigenvalue weighted by molar-refractivity contribution is -0.119. The zero-order valence-electron chi connectivity index (χ0n) is 22.2. The Balaban J connectivity index is 1.24. The summed E-state index contributed by atoms with van der Waals surface area (Å²) in [5, 5.41) is 12.8. The van der Waals surface area contributed by atoms with Crippen LogP contribution in [0.1, 0.15) is 18.4 Å². The van der Waals surface area contributed by atoms with Crippen LogP contribution in [0.4, 0.5) is 0 Å². The molecule has 0 spiro atoms. The van der Waals surface area contributed by atoms with Crippen molar-refractivity contribution >= 4 is 17.7 Å². The fraction of sp³-hybridized carbons (Fsp3) is 0.300. The van der Waals surface area contributed by atoms with Crippen LogP contribution < -0.4 is 14.8 Å². The van der Waals surface area contributed by atoms with Crippen LogP contribution in [0.5, 0.6) is 11.5 Å². The lowest BCUT2D eigenvalue weighted by Gasteiger charge is -2.32. The van der Waals surface area contributed by atoms with E-state index in [0.717, 1.165) is 55.2 Å². The van der Waals surface area contributed by atoms with E-state index in [2.05, 4.69) is 44.7 Å². The van der Waals surface area contributed by atoms with Gasteiger partial charge in [0.25, 0.3) is 0 Å². The first-order valence-electron chi connectivity index (χ1n) is 13.1. The molecule has 5 rings (SSSR count). The number of hydrogen-bond donors (Lipinski definition) is 1. The van der Waals surface area contributed by atoms with Crippen LogP contribution in [0.3, 0.4) is 0 Å². The number of ether oxygens (including phenoxy) is 2. The van der Waals surface area contributed by atoms with E-state index in [1.165, 1.54) is 17.3 Å². The van der Waals surface area contributed by atoms with E-state index in [9.17, 15) is 4.79 Å². The first-order valence-corrected chi connectivity index (χ1v) is 14.0. The van der Waals surface area contributed by atoms with E-state index in [0.29, 0.717) is 11.0 Å². The number of aromatic nitrogens is 3. The van der Waals surface area contributed by atoms with Crippen molar-refractivity contribution in [3.63, 3.8) is 0 Å². The predicted octanol–water partition coefficient (Wildman–Crippen LogP) is 4.82. The molecule has 0 bridgehead atoms. The van der Waals surface area contributed by atoms with E-state index in [-0.39, 0.29) is 17.7 Å². The fourth-order valence-corrected chi connectivity index (χ4v) is 5.52. The normalized spacial score (nSPS) is 14.2. The molecule has 4 aromatic rings. The summed E-state index contributed by atoms with van der Waals surface area (Å²) in [4.78, 5) is 15.4. The Morgan fingerprint density at radius 1 is 0.923 bits per heavy atom. The third kappa shape index (κ3) is 6.79. The second-order valence-electron chi connectivity index (χ2n) is 9.46. The maximum Gasteiger partial charge on any atom is 0.230 e. The summed E-state index contributed by atoms with van der Waals surface area (Å²) in [7, 11) is 3.28. The number of carbonyl (C=O) groups is 1. The number of amides is 1. The van der Waals surface area contributed by atoms with Crippen LogP contribution in [0, 0.1) is 0 Å². The number of likely N-dealkylation sites (tertiary alicyclic amines) is 1. The third-order valence-electron chi connectivity index (χ3n) is 6.83. The van der Waals surface area contributed by atoms with Crippen LogP contribution in [0.15, 0.2) is 84.0 Å². The molecule has 1 aromatic heterocycles. The Labute approximate surface area is 233 Å². The van der Waals surface area contributed by atoms with Gasteiger partial charge in [0, 0.05) is 36.9 Å². The SMILES string of the molecule is COc1ccc(-n2c(SCC(=O)NC3CCN(Cc4ccccc4)CC3)nnc2-c2cccc(OC)c2)cc1. The number of thioether (sulfide) groups is 1. The topological polar surface area (TPSA) is 81.5 Å². The number of hydrogen-bond acceptors (Lipinski definition) is 7. The molecule has 1 fully saturated rings. The highest BCUT2D eigenvalue weighted by Crippen LogP contribution is 2.30. The number of nitrogens with zero attached hydrogens (tertiary/aromatic N) is 4. The van der Waals surface area contributed by atoms with Gasteiger partial charge in [-0.05, 0) is 54.8 Å². The van der Waals surface area contributed by atoms with Gasteiger partial charge in [0.05, 0.1) is 20.0 Å². The number of piperidine rings is 1. The maximum atomic E-state index is 12.9. The molecular formula is C30H33N5O3S. The largest absolute Gasteiger partial charge is 0.497 e. The average Bonchev–Trinajstić information content (AvgIpc) is 3.42. The Hall–Kier alpha value is -3.82. The van der Waals surface area contributed by atoms with Crippen molar-refractivity contribution in [2.45, 2.75) is 30.6 Å². The van der Waals surface area contributed by atoms with Gasteiger partial charge in [0.2, 0.25) is 5.91 Å². The van der Waals surface area contributed by atoms with Crippen LogP contribution >= 0.6 is 11.8 Å². The van der Waals surface area contributed by atoms with Gasteiger partial charge in [-0.3, -0.25) is 14.3 Å². The molecule has 1 saturated heterocycles. The minimum atomic E-state index is 0.00807. The van der Waals surface area contributed by atoms with Crippen molar-refractivity contribution in [3.05, 3.63) is 84.4 Å². The first-order chi connectivity index (χ1) is 19.1. The van der Waals surface area contributed by atoms with E-state index < -0.39 is 0 Å². The second-order valence-corrected chi connectivity index (χ2v) is 10.4. The summed E-state index contributed by atoms with van der Waals surface area (Å²) >= 11 is 1.38. The Morgan fingerprint density at radius 3 is 2.38 bits per heavy atom. The van der Waals surface area contributed by atoms with Gasteiger partial charge in [-0.2, -0.15) is 0 Å². The zero-order valence-corrected chi connectivity index (χ0v) is 23.1. The molecule has 1 aliphatic heterocycles. The van der Waals surface area contributed by atoms with E-state index in [1.54, 1.807) is 14.2 Å². The van der Waals surface area contributed by atoms with Gasteiger partial charge >= 0.3 is 0 Å². The smallest absolute Gasteiger partial charge is 0.230 e. The highest BCUT2D eigenvalue weighted by atomic mass is 32.2. The molecule has 1 N–H and O–H groups in total. The van der Waals surface area contributed by atoms with Crippen molar-refractivity contribution in [1.82, 2.24) is 25.0 Å². The van der Waals surface area contributed by atoms with E-state index in [4.69, 9.17) is 9.47 Å². The van der Waals surface area contributed by atoms with Gasteiger partial charge in [0.15, 0.2) is 11.0 Å². The summed E-state index contributed by atoms with van der Waals surface area (Å²) in [6.07, 6.45) is 1.90. The molecule has 0 unspecified atom stereocenters. The first kappa shape index (κ1) is 26.8. The van der Waals surface area contributed by atoms with Crippen molar-refractivity contribution in [2.24, 2.45) is 0 Å². The highest BCUT2D eigenvalue weighted by molar-refractivity contribution is 7.99. The van der Waals surface area contributed by atoms with Crippen molar-refractivity contribution in [1.29, 1.82) is 0 Å². The second kappa shape index (κ2) is 12.8. The molecule has 3 aromatic carbocycles. The molecule has 1 aliphatic rings. The van der Waals surface area contributed by atoms with Crippen LogP contribution in [0.25, 0.3) is 17.1 Å². The molecule has 0 radical (unpaired) electrons. The third-order valence-corrected chi connectivity index (χ3v) is 7.75. The molecule has 8 nitrogen and oxygen atoms in total. The molecule has 2 heterocycles. The lowest BCUT2D eigenvalue weighted by Crippen LogP contribution is -2.44. The quantitative estimate of drug-likeness (QED) is 0.287. The zero-order chi connectivity index (χ0) is 27.0. The number of rotatable bonds is 10. The van der Waals surface area contributed by atoms with E-state index >= 15 is 0 Å². The summed E-state index contributed by atoms with van der Waals surface area (Å²) in [5.41, 5.74) is 3.08. The number of carbonyl (C=O) groups excluding carboxylic acids is 1. The number of benzene rings is 3. The summed E-state index contributed by atoms with van der Waals surface area (Å²) in [5.74, 6) is 2.44. The highest BCUT2D eigenvalue weighted by Gasteiger charge is 2.22. The predicted molar refractivity (Wildman–Crippen MR) is 154 cm³/mol. The minimum Gasteiger partial charge on any atom is -0.497 e. The Morgan fingerprint density at radius 2 is 1.67 bits per heavy atom. The molecule has 0 saturated carbocycles. The van der Waals surface area contributed by atoms with Gasteiger partial charge in [-0.25, -0.2) is 0 Å². The van der Waals surface area contributed by atoms with Crippen molar-refractivity contribution < 1.29 is 14.3 Å². The van der Waals surface area contributed by atoms with Crippen LogP contribution in [-0.4, -0.2) is 64.7 Å². The van der Waals surface area contributed by atoms with Gasteiger partial charge in [-0.15, -0.1) is 10.2 Å². The summed E-state index contributed by atoms with van der Waals surface area (Å²) in [6, 6.07) is 26.1. The van der Waals surface area contributed by atoms with Crippen molar-refractivity contribution in [3.8, 4) is 28.6 Å². The maximum absolute atomic E-state index is 12.9. The minimum absolute atomic E-state index is 0.00807. The van der Waals surface area contributed by atoms with E-state index in [1.807, 2.05) is 59.2 Å². The van der Waals surface area contributed by atoms with Gasteiger partial charge < -0.3 is 14.8 Å². The van der Waals surface area contributed by atoms with Crippen molar-refractivity contribution in [2.75, 3.05) is 33.1 Å². The molecule has 0 atom stereocenters. The van der Waals surface area contributed by atoms with Crippen LogP contribution in [0.2, 0.25) is 0 Å². The molecule has 9 heteroatoms. The molecular weight excluding hydrogens is 510 g/mol. The Bertz CT molecular complexity index is 1370. The summed E-state index contributed by atoms with van der Waals surface area (Å²) in [6.45, 7) is 2.90. The molecule has 39 heavy (non-hydrogen) atoms. The van der Waals surface area contributed by atoms with Crippen LogP contribution in [-0.2, 0) is 11.3 Å². The molecule has 1 amide bonds. The summed E-state index contributed by atoms with van der Waals surface area (Å²) < 4.78 is 12.7. The molecule has 0 aliphatic carbocycles. The number of nitrogens with one attached hydrogen (secondary N) is 1. The monoisotopic (exact) mass is 543 g/mol. The van der Waals surface area contributed by atoms with Gasteiger partial charge in [-0.1, -0.05) is 54.2 Å². The fourth-order valence-electron chi connectivity index (χ4n) is 4.75. The standard InChI is InChI=1S/C30H33N5O3S/c1-37-26-13-11-25(12-14-26)35-29(23-9-6-10-27(19-23)38-2)32-33-30(35)39-21-28(36)31-24-15-17-34(18-16-24)20-22-7-4-3-5-8-22/h3-14,19,24H,15-18,20-21H2,1-2H3,(H,31,36). The lowest BCUT2D eigenvalue weighted by atomic mass is 10.0. The average molecular weight is 544 g/mol. The van der Waals surface area contributed by atoms with Gasteiger partial charge in [0.1, 0.15) is 11.5 Å². The Kier molecular flexibility index (Phi) is 8.80. The molecule has 202 valence electrons. The number of methoxy groups -OCH3 is 2.